The van der Waals surface area contributed by atoms with Crippen molar-refractivity contribution in [3.05, 3.63) is 35.4 Å². The van der Waals surface area contributed by atoms with Gasteiger partial charge in [-0.2, -0.15) is 0 Å². The molecule has 21 heavy (non-hydrogen) atoms. The van der Waals surface area contributed by atoms with E-state index in [4.69, 9.17) is 0 Å². The Hall–Kier alpha value is -0.870. The third-order valence-corrected chi connectivity index (χ3v) is 6.92. The second-order valence-electron chi connectivity index (χ2n) is 7.07. The summed E-state index contributed by atoms with van der Waals surface area (Å²) in [6, 6.07) is 7.84. The highest BCUT2D eigenvalue weighted by atomic mass is 32.2. The van der Waals surface area contributed by atoms with Crippen LogP contribution in [0.15, 0.2) is 24.3 Å². The minimum Gasteiger partial charge on any atom is -0.316 e. The molecule has 0 aliphatic heterocycles. The van der Waals surface area contributed by atoms with E-state index in [0.717, 1.165) is 30.4 Å². The summed E-state index contributed by atoms with van der Waals surface area (Å²) in [5.41, 5.74) is 2.09. The van der Waals surface area contributed by atoms with Crippen molar-refractivity contribution in [3.8, 4) is 0 Å². The number of rotatable bonds is 4. The van der Waals surface area contributed by atoms with Gasteiger partial charge in [-0.25, -0.2) is 8.42 Å². The maximum atomic E-state index is 12.9. The van der Waals surface area contributed by atoms with Crippen molar-refractivity contribution < 1.29 is 8.42 Å². The van der Waals surface area contributed by atoms with Gasteiger partial charge in [-0.3, -0.25) is 0 Å². The van der Waals surface area contributed by atoms with E-state index >= 15 is 0 Å². The van der Waals surface area contributed by atoms with Crippen LogP contribution in [0.4, 0.5) is 0 Å². The minimum absolute atomic E-state index is 0.0760. The van der Waals surface area contributed by atoms with E-state index in [0.29, 0.717) is 0 Å². The summed E-state index contributed by atoms with van der Waals surface area (Å²) < 4.78 is 25.8. The summed E-state index contributed by atoms with van der Waals surface area (Å²) in [5.74, 6) is 0.151. The molecule has 2 atom stereocenters. The average Bonchev–Trinajstić information content (AvgIpc) is 2.40. The average molecular weight is 309 g/mol. The number of sulfone groups is 1. The lowest BCUT2D eigenvalue weighted by molar-refractivity contribution is 0.213. The third kappa shape index (κ3) is 3.86. The summed E-state index contributed by atoms with van der Waals surface area (Å²) in [5, 5.41) is 2.93. The zero-order chi connectivity index (χ0) is 15.7. The smallest absolute Gasteiger partial charge is 0.158 e. The van der Waals surface area contributed by atoms with Crippen LogP contribution >= 0.6 is 0 Å². The first-order chi connectivity index (χ1) is 9.75. The van der Waals surface area contributed by atoms with E-state index < -0.39 is 9.84 Å². The third-order valence-electron chi connectivity index (χ3n) is 4.78. The monoisotopic (exact) mass is 309 g/mol. The Morgan fingerprint density at radius 2 is 1.95 bits per heavy atom. The highest BCUT2D eigenvalue weighted by Gasteiger charge is 2.41. The standard InChI is InChI=1S/C17H27NO2S/c1-13-7-5-6-8-14(13)12-21(19,20)16-11-17(2,3)10-9-15(16)18-4/h5-8,15-16,18H,9-12H2,1-4H3. The van der Waals surface area contributed by atoms with E-state index in [2.05, 4.69) is 19.2 Å². The number of hydrogen-bond acceptors (Lipinski definition) is 3. The van der Waals surface area contributed by atoms with Crippen LogP contribution in [0.1, 0.15) is 44.2 Å². The molecule has 1 aromatic rings. The number of benzene rings is 1. The lowest BCUT2D eigenvalue weighted by Gasteiger charge is -2.40. The fourth-order valence-corrected chi connectivity index (χ4v) is 5.77. The molecule has 1 aliphatic carbocycles. The Morgan fingerprint density at radius 3 is 2.57 bits per heavy atom. The fourth-order valence-electron chi connectivity index (χ4n) is 3.32. The van der Waals surface area contributed by atoms with Gasteiger partial charge in [-0.05, 0) is 49.8 Å². The van der Waals surface area contributed by atoms with Gasteiger partial charge in [0.25, 0.3) is 0 Å². The summed E-state index contributed by atoms with van der Waals surface area (Å²) in [6.45, 7) is 6.33. The first-order valence-corrected chi connectivity index (χ1v) is 9.40. The van der Waals surface area contributed by atoms with Crippen molar-refractivity contribution in [1.82, 2.24) is 5.32 Å². The molecular weight excluding hydrogens is 282 g/mol. The van der Waals surface area contributed by atoms with Gasteiger partial charge in [0, 0.05) is 6.04 Å². The second-order valence-corrected chi connectivity index (χ2v) is 9.29. The molecule has 4 heteroatoms. The van der Waals surface area contributed by atoms with E-state index in [1.54, 1.807) is 0 Å². The van der Waals surface area contributed by atoms with Gasteiger partial charge >= 0.3 is 0 Å². The molecule has 0 spiro atoms. The molecule has 0 heterocycles. The molecule has 118 valence electrons. The van der Waals surface area contributed by atoms with Crippen LogP contribution in [-0.4, -0.2) is 26.8 Å². The lowest BCUT2D eigenvalue weighted by Crippen LogP contribution is -2.49. The van der Waals surface area contributed by atoms with Gasteiger partial charge in [0.15, 0.2) is 9.84 Å². The highest BCUT2D eigenvalue weighted by molar-refractivity contribution is 7.91. The topological polar surface area (TPSA) is 46.2 Å². The van der Waals surface area contributed by atoms with Crippen molar-refractivity contribution in [3.63, 3.8) is 0 Å². The molecule has 0 bridgehead atoms. The maximum absolute atomic E-state index is 12.9. The number of nitrogens with one attached hydrogen (secondary N) is 1. The quantitative estimate of drug-likeness (QED) is 0.929. The van der Waals surface area contributed by atoms with Crippen molar-refractivity contribution in [1.29, 1.82) is 0 Å². The number of aryl methyl sites for hydroxylation is 1. The predicted molar refractivity (Wildman–Crippen MR) is 88.1 cm³/mol. The highest BCUT2D eigenvalue weighted by Crippen LogP contribution is 2.39. The van der Waals surface area contributed by atoms with E-state index in [9.17, 15) is 8.42 Å². The van der Waals surface area contributed by atoms with Crippen LogP contribution in [-0.2, 0) is 15.6 Å². The first kappa shape index (κ1) is 16.5. The van der Waals surface area contributed by atoms with Crippen LogP contribution < -0.4 is 5.32 Å². The molecule has 3 nitrogen and oxygen atoms in total. The van der Waals surface area contributed by atoms with Crippen molar-refractivity contribution >= 4 is 9.84 Å². The molecule has 2 rings (SSSR count). The number of hydrogen-bond donors (Lipinski definition) is 1. The van der Waals surface area contributed by atoms with Gasteiger partial charge < -0.3 is 5.32 Å². The van der Waals surface area contributed by atoms with Crippen LogP contribution in [0, 0.1) is 12.3 Å². The predicted octanol–water partition coefficient (Wildman–Crippen LogP) is 3.08. The van der Waals surface area contributed by atoms with Gasteiger partial charge in [0.2, 0.25) is 0 Å². The maximum Gasteiger partial charge on any atom is 0.158 e. The van der Waals surface area contributed by atoms with Gasteiger partial charge in [-0.1, -0.05) is 38.1 Å². The molecule has 1 saturated carbocycles. The van der Waals surface area contributed by atoms with Crippen LogP contribution in [0.3, 0.4) is 0 Å². The lowest BCUT2D eigenvalue weighted by atomic mass is 9.75. The Balaban J connectivity index is 2.26. The Morgan fingerprint density at radius 1 is 1.29 bits per heavy atom. The van der Waals surface area contributed by atoms with Crippen LogP contribution in [0.25, 0.3) is 0 Å². The molecular formula is C17H27NO2S. The fraction of sp³-hybridized carbons (Fsp3) is 0.647. The van der Waals surface area contributed by atoms with Crippen LogP contribution in [0.5, 0.6) is 0 Å². The normalized spacial score (nSPS) is 25.7. The zero-order valence-electron chi connectivity index (χ0n) is 13.5. The summed E-state index contributed by atoms with van der Waals surface area (Å²) in [4.78, 5) is 0. The molecule has 1 aliphatic rings. The van der Waals surface area contributed by atoms with Gasteiger partial charge in [0.1, 0.15) is 0 Å². The largest absolute Gasteiger partial charge is 0.316 e. The molecule has 0 amide bonds. The molecule has 0 saturated heterocycles. The Bertz CT molecular complexity index is 593. The molecule has 1 aromatic carbocycles. The summed E-state index contributed by atoms with van der Waals surface area (Å²) >= 11 is 0. The van der Waals surface area contributed by atoms with Gasteiger partial charge in [0.05, 0.1) is 11.0 Å². The van der Waals surface area contributed by atoms with Crippen LogP contribution in [0.2, 0.25) is 0 Å². The van der Waals surface area contributed by atoms with Crippen molar-refractivity contribution in [2.75, 3.05) is 7.05 Å². The Labute approximate surface area is 129 Å². The van der Waals surface area contributed by atoms with E-state index in [-0.39, 0.29) is 22.5 Å². The van der Waals surface area contributed by atoms with Gasteiger partial charge in [-0.15, -0.1) is 0 Å². The molecule has 0 radical (unpaired) electrons. The molecule has 1 N–H and O–H groups in total. The molecule has 0 aromatic heterocycles. The van der Waals surface area contributed by atoms with Crippen molar-refractivity contribution in [2.24, 2.45) is 5.41 Å². The van der Waals surface area contributed by atoms with E-state index in [1.807, 2.05) is 38.2 Å². The van der Waals surface area contributed by atoms with Crippen molar-refractivity contribution in [2.45, 2.75) is 57.1 Å². The summed E-state index contributed by atoms with van der Waals surface area (Å²) in [7, 11) is -1.28. The summed E-state index contributed by atoms with van der Waals surface area (Å²) in [6.07, 6.45) is 2.75. The second kappa shape index (κ2) is 6.09. The first-order valence-electron chi connectivity index (χ1n) is 7.68. The molecule has 2 unspecified atom stereocenters. The van der Waals surface area contributed by atoms with E-state index in [1.165, 1.54) is 0 Å². The zero-order valence-corrected chi connectivity index (χ0v) is 14.3. The Kier molecular flexibility index (Phi) is 4.79. The minimum atomic E-state index is -3.15. The molecule has 1 fully saturated rings. The SMILES string of the molecule is CNC1CCC(C)(C)CC1S(=O)(=O)Cc1ccccc1C.